The Labute approximate surface area is 80.5 Å². The number of Topliss-reactive ketones (excluding diaryl/α,β-unsaturated/α-hetero) is 1. The molecule has 0 saturated heterocycles. The van der Waals surface area contributed by atoms with Crippen LogP contribution in [0.3, 0.4) is 0 Å². The maximum Gasteiger partial charge on any atom is 0.139 e. The maximum absolute atomic E-state index is 11.8. The second-order valence-corrected chi connectivity index (χ2v) is 3.78. The molecule has 1 aliphatic rings. The van der Waals surface area contributed by atoms with Crippen molar-refractivity contribution in [3.63, 3.8) is 0 Å². The number of carbonyl (C=O) groups is 1. The van der Waals surface area contributed by atoms with Gasteiger partial charge in [-0.3, -0.25) is 4.79 Å². The fraction of sp³-hybridized carbons (Fsp3) is 0.583. The molecule has 1 heteroatoms. The topological polar surface area (TPSA) is 17.1 Å². The van der Waals surface area contributed by atoms with E-state index in [0.717, 1.165) is 25.7 Å². The molecule has 72 valence electrons. The highest BCUT2D eigenvalue weighted by Crippen LogP contribution is 2.30. The molecule has 0 heterocycles. The molecule has 0 aromatic carbocycles. The molecular weight excluding hydrogens is 160 g/mol. The standard InChI is InChI=1S/C12H18O/c1-3-6-10-8-5-9-11(7-4-2)12(10)13/h3-4,10-11H,1-2,5-9H2. The van der Waals surface area contributed by atoms with Crippen molar-refractivity contribution in [3.8, 4) is 0 Å². The minimum atomic E-state index is 0.246. The summed E-state index contributed by atoms with van der Waals surface area (Å²) in [6.07, 6.45) is 8.72. The van der Waals surface area contributed by atoms with Gasteiger partial charge >= 0.3 is 0 Å². The second-order valence-electron chi connectivity index (χ2n) is 3.78. The van der Waals surface area contributed by atoms with Gasteiger partial charge in [-0.15, -0.1) is 13.2 Å². The summed E-state index contributed by atoms with van der Waals surface area (Å²) in [5.74, 6) is 0.929. The van der Waals surface area contributed by atoms with Crippen LogP contribution in [0.1, 0.15) is 32.1 Å². The number of carbonyl (C=O) groups excluding carboxylic acids is 1. The van der Waals surface area contributed by atoms with Gasteiger partial charge in [0.25, 0.3) is 0 Å². The van der Waals surface area contributed by atoms with Gasteiger partial charge in [0, 0.05) is 11.8 Å². The summed E-state index contributed by atoms with van der Waals surface area (Å²) < 4.78 is 0. The van der Waals surface area contributed by atoms with Crippen LogP contribution >= 0.6 is 0 Å². The predicted octanol–water partition coefficient (Wildman–Crippen LogP) is 3.12. The van der Waals surface area contributed by atoms with Gasteiger partial charge in [-0.2, -0.15) is 0 Å². The second kappa shape index (κ2) is 5.00. The quantitative estimate of drug-likeness (QED) is 0.604. The van der Waals surface area contributed by atoms with Crippen molar-refractivity contribution in [1.82, 2.24) is 0 Å². The lowest BCUT2D eigenvalue weighted by Crippen LogP contribution is -2.27. The normalized spacial score (nSPS) is 28.5. The van der Waals surface area contributed by atoms with Gasteiger partial charge in [-0.05, 0) is 25.7 Å². The van der Waals surface area contributed by atoms with Gasteiger partial charge < -0.3 is 0 Å². The van der Waals surface area contributed by atoms with Gasteiger partial charge in [0.05, 0.1) is 0 Å². The monoisotopic (exact) mass is 178 g/mol. The smallest absolute Gasteiger partial charge is 0.139 e. The van der Waals surface area contributed by atoms with Crippen molar-refractivity contribution in [2.24, 2.45) is 11.8 Å². The fourth-order valence-electron chi connectivity index (χ4n) is 2.10. The summed E-state index contributed by atoms with van der Waals surface area (Å²) in [5, 5.41) is 0. The van der Waals surface area contributed by atoms with Crippen LogP contribution in [0, 0.1) is 11.8 Å². The molecule has 1 aliphatic carbocycles. The fourth-order valence-corrected chi connectivity index (χ4v) is 2.10. The number of hydrogen-bond acceptors (Lipinski definition) is 1. The number of allylic oxidation sites excluding steroid dienone is 2. The van der Waals surface area contributed by atoms with Crippen LogP contribution in [0.15, 0.2) is 25.3 Å². The molecular formula is C12H18O. The molecule has 1 saturated carbocycles. The van der Waals surface area contributed by atoms with E-state index < -0.39 is 0 Å². The summed E-state index contributed by atoms with van der Waals surface area (Å²) in [7, 11) is 0. The third-order valence-corrected chi connectivity index (χ3v) is 2.81. The molecule has 1 nitrogen and oxygen atoms in total. The van der Waals surface area contributed by atoms with E-state index in [2.05, 4.69) is 13.2 Å². The van der Waals surface area contributed by atoms with Crippen LogP contribution in [0.2, 0.25) is 0 Å². The van der Waals surface area contributed by atoms with E-state index in [1.807, 2.05) is 12.2 Å². The van der Waals surface area contributed by atoms with Gasteiger partial charge in [0.15, 0.2) is 0 Å². The molecule has 0 bridgehead atoms. The van der Waals surface area contributed by atoms with Crippen molar-refractivity contribution < 1.29 is 4.79 Å². The third kappa shape index (κ3) is 2.55. The lowest BCUT2D eigenvalue weighted by atomic mass is 9.77. The minimum absolute atomic E-state index is 0.246. The van der Waals surface area contributed by atoms with Crippen LogP contribution in [-0.2, 0) is 4.79 Å². The molecule has 2 atom stereocenters. The van der Waals surface area contributed by atoms with Gasteiger partial charge in [0.1, 0.15) is 5.78 Å². The molecule has 0 amide bonds. The Hall–Kier alpha value is -0.850. The van der Waals surface area contributed by atoms with E-state index in [-0.39, 0.29) is 11.8 Å². The van der Waals surface area contributed by atoms with Crippen molar-refractivity contribution in [3.05, 3.63) is 25.3 Å². The highest BCUT2D eigenvalue weighted by Gasteiger charge is 2.28. The van der Waals surface area contributed by atoms with Gasteiger partial charge in [-0.1, -0.05) is 18.6 Å². The average Bonchev–Trinajstić information content (AvgIpc) is 2.13. The Morgan fingerprint density at radius 2 is 1.62 bits per heavy atom. The predicted molar refractivity (Wildman–Crippen MR) is 55.5 cm³/mol. The zero-order valence-electron chi connectivity index (χ0n) is 8.17. The highest BCUT2D eigenvalue weighted by atomic mass is 16.1. The van der Waals surface area contributed by atoms with E-state index in [4.69, 9.17) is 0 Å². The van der Waals surface area contributed by atoms with E-state index in [0.29, 0.717) is 5.78 Å². The molecule has 0 aromatic rings. The van der Waals surface area contributed by atoms with Crippen molar-refractivity contribution in [1.29, 1.82) is 0 Å². The van der Waals surface area contributed by atoms with Crippen molar-refractivity contribution in [2.75, 3.05) is 0 Å². The number of hydrogen-bond donors (Lipinski definition) is 0. The Bertz CT molecular complexity index is 185. The average molecular weight is 178 g/mol. The van der Waals surface area contributed by atoms with Gasteiger partial charge in [0.2, 0.25) is 0 Å². The van der Waals surface area contributed by atoms with Crippen LogP contribution in [0.5, 0.6) is 0 Å². The summed E-state index contributed by atoms with van der Waals surface area (Å²) >= 11 is 0. The SMILES string of the molecule is C=CCC1CCCC(CC=C)C1=O. The molecule has 0 spiro atoms. The molecule has 0 aromatic heterocycles. The van der Waals surface area contributed by atoms with Crippen LogP contribution in [0.4, 0.5) is 0 Å². The first-order valence-electron chi connectivity index (χ1n) is 5.05. The van der Waals surface area contributed by atoms with Crippen LogP contribution in [0.25, 0.3) is 0 Å². The summed E-state index contributed by atoms with van der Waals surface area (Å²) in [4.78, 5) is 11.8. The highest BCUT2D eigenvalue weighted by molar-refractivity contribution is 5.84. The van der Waals surface area contributed by atoms with Gasteiger partial charge in [-0.25, -0.2) is 0 Å². The van der Waals surface area contributed by atoms with Crippen molar-refractivity contribution >= 4 is 5.78 Å². The molecule has 1 fully saturated rings. The summed E-state index contributed by atoms with van der Waals surface area (Å²) in [6.45, 7) is 7.38. The Morgan fingerprint density at radius 3 is 2.00 bits per heavy atom. The zero-order chi connectivity index (χ0) is 9.68. The number of rotatable bonds is 4. The molecule has 1 rings (SSSR count). The first kappa shape index (κ1) is 10.2. The van der Waals surface area contributed by atoms with Crippen LogP contribution < -0.4 is 0 Å². The lowest BCUT2D eigenvalue weighted by Gasteiger charge is -2.26. The molecule has 0 radical (unpaired) electrons. The Morgan fingerprint density at radius 1 is 1.15 bits per heavy atom. The Kier molecular flexibility index (Phi) is 3.94. The first-order valence-corrected chi connectivity index (χ1v) is 5.05. The minimum Gasteiger partial charge on any atom is -0.299 e. The number of ketones is 1. The van der Waals surface area contributed by atoms with Crippen molar-refractivity contribution in [2.45, 2.75) is 32.1 Å². The summed E-state index contributed by atoms with van der Waals surface area (Å²) in [5.41, 5.74) is 0. The summed E-state index contributed by atoms with van der Waals surface area (Å²) in [6, 6.07) is 0. The van der Waals surface area contributed by atoms with E-state index in [9.17, 15) is 4.79 Å². The largest absolute Gasteiger partial charge is 0.299 e. The van der Waals surface area contributed by atoms with E-state index in [1.54, 1.807) is 0 Å². The van der Waals surface area contributed by atoms with E-state index in [1.165, 1.54) is 6.42 Å². The maximum atomic E-state index is 11.8. The van der Waals surface area contributed by atoms with Crippen LogP contribution in [-0.4, -0.2) is 5.78 Å². The molecule has 0 N–H and O–H groups in total. The first-order chi connectivity index (χ1) is 6.29. The zero-order valence-corrected chi connectivity index (χ0v) is 8.17. The molecule has 0 aliphatic heterocycles. The lowest BCUT2D eigenvalue weighted by molar-refractivity contribution is -0.128. The third-order valence-electron chi connectivity index (χ3n) is 2.81. The van der Waals surface area contributed by atoms with E-state index >= 15 is 0 Å². The molecule has 2 unspecified atom stereocenters. The molecule has 13 heavy (non-hydrogen) atoms. The Balaban J connectivity index is 2.54.